The van der Waals surface area contributed by atoms with Crippen LogP contribution in [0, 0.1) is 0 Å². The van der Waals surface area contributed by atoms with Gasteiger partial charge in [0.2, 0.25) is 0 Å². The summed E-state index contributed by atoms with van der Waals surface area (Å²) in [7, 11) is 3.46. The Bertz CT molecular complexity index is 210. The van der Waals surface area contributed by atoms with Crippen molar-refractivity contribution in [3.8, 4) is 0 Å². The van der Waals surface area contributed by atoms with Gasteiger partial charge in [-0.2, -0.15) is 0 Å². The van der Waals surface area contributed by atoms with Crippen LogP contribution >= 0.6 is 9.47 Å². The monoisotopic (exact) mass is 204 g/mol. The van der Waals surface area contributed by atoms with E-state index in [1.54, 1.807) is 0 Å². The number of rotatable bonds is 2. The lowest BCUT2D eigenvalue weighted by Crippen LogP contribution is -2.44. The predicted molar refractivity (Wildman–Crippen MR) is 51.3 cm³/mol. The van der Waals surface area contributed by atoms with Crippen molar-refractivity contribution in [1.82, 2.24) is 5.32 Å². The molecule has 0 amide bonds. The molecule has 0 saturated carbocycles. The van der Waals surface area contributed by atoms with E-state index in [4.69, 9.17) is 0 Å². The van der Waals surface area contributed by atoms with E-state index in [2.05, 4.69) is 19.8 Å². The van der Waals surface area contributed by atoms with Gasteiger partial charge in [-0.05, 0) is 12.8 Å². The quantitative estimate of drug-likeness (QED) is 0.511. The zero-order chi connectivity index (χ0) is 9.68. The van der Waals surface area contributed by atoms with Crippen LogP contribution in [0.2, 0.25) is 0 Å². The first-order valence-electron chi connectivity index (χ1n) is 4.00. The maximum atomic E-state index is 11.1. The van der Waals surface area contributed by atoms with Crippen molar-refractivity contribution in [1.29, 1.82) is 0 Å². The fourth-order valence-corrected chi connectivity index (χ4v) is 1.40. The Morgan fingerprint density at radius 1 is 1.77 bits per heavy atom. The minimum Gasteiger partial charge on any atom is -0.450 e. The minimum atomic E-state index is -0.249. The van der Waals surface area contributed by atoms with Crippen LogP contribution in [0.3, 0.4) is 0 Å². The smallest absolute Gasteiger partial charge is 0.325 e. The molecule has 0 aliphatic carbocycles. The second-order valence-electron chi connectivity index (χ2n) is 2.75. The molecule has 0 bridgehead atoms. The van der Waals surface area contributed by atoms with E-state index >= 15 is 0 Å². The normalized spacial score (nSPS) is 25.7. The Morgan fingerprint density at radius 2 is 2.54 bits per heavy atom. The molecule has 1 unspecified atom stereocenters. The van der Waals surface area contributed by atoms with Crippen molar-refractivity contribution in [3.05, 3.63) is 0 Å². The van der Waals surface area contributed by atoms with Gasteiger partial charge in [-0.25, -0.2) is 0 Å². The Balaban J connectivity index is 2.39. The molecule has 0 radical (unpaired) electrons. The summed E-state index contributed by atoms with van der Waals surface area (Å²) in [5, 5.41) is 6.81. The van der Waals surface area contributed by atoms with Gasteiger partial charge in [0.25, 0.3) is 0 Å². The summed E-state index contributed by atoms with van der Waals surface area (Å²) >= 11 is 0. The van der Waals surface area contributed by atoms with E-state index in [0.717, 1.165) is 12.1 Å². The molecule has 0 aromatic rings. The third-order valence-corrected chi connectivity index (χ3v) is 2.13. The summed E-state index contributed by atoms with van der Waals surface area (Å²) in [5.41, 5.74) is 0.926. The maximum Gasteiger partial charge on any atom is 0.325 e. The molecular formula is C7H13N2O3P. The molecule has 13 heavy (non-hydrogen) atoms. The molecule has 1 saturated heterocycles. The van der Waals surface area contributed by atoms with Crippen LogP contribution in [0.4, 0.5) is 0 Å². The van der Waals surface area contributed by atoms with Gasteiger partial charge in [0.15, 0.2) is 0 Å². The molecular weight excluding hydrogens is 191 g/mol. The van der Waals surface area contributed by atoms with Gasteiger partial charge >= 0.3 is 5.97 Å². The number of oxime groups is 1. The largest absolute Gasteiger partial charge is 0.450 e. The van der Waals surface area contributed by atoms with Gasteiger partial charge in [0, 0.05) is 6.54 Å². The Hall–Kier alpha value is -0.670. The molecule has 1 aliphatic heterocycles. The summed E-state index contributed by atoms with van der Waals surface area (Å²) in [6.07, 6.45) is 1.47. The Kier molecular flexibility index (Phi) is 4.12. The highest BCUT2D eigenvalue weighted by Crippen LogP contribution is 2.08. The van der Waals surface area contributed by atoms with Crippen molar-refractivity contribution < 1.29 is 14.2 Å². The zero-order valence-corrected chi connectivity index (χ0v) is 8.60. The van der Waals surface area contributed by atoms with E-state index in [1.807, 2.05) is 9.47 Å². The number of nitrogens with one attached hydrogen (secondary N) is 1. The number of hydrogen-bond acceptors (Lipinski definition) is 5. The van der Waals surface area contributed by atoms with Crippen LogP contribution in [0.5, 0.6) is 0 Å². The van der Waals surface area contributed by atoms with Gasteiger partial charge in [0.1, 0.15) is 13.2 Å². The maximum absolute atomic E-state index is 11.1. The van der Waals surface area contributed by atoms with Gasteiger partial charge < -0.3 is 9.36 Å². The summed E-state index contributed by atoms with van der Waals surface area (Å²) < 4.78 is 4.53. The highest BCUT2D eigenvalue weighted by atomic mass is 31.0. The lowest BCUT2D eigenvalue weighted by atomic mass is 10.0. The van der Waals surface area contributed by atoms with Gasteiger partial charge in [-0.15, -0.1) is 0 Å². The first-order valence-corrected chi connectivity index (χ1v) is 4.48. The van der Waals surface area contributed by atoms with E-state index in [-0.39, 0.29) is 12.0 Å². The number of carbonyl (C=O) groups excluding carboxylic acids is 1. The fraction of sp³-hybridized carbons (Fsp3) is 0.714. The zero-order valence-electron chi connectivity index (χ0n) is 7.45. The SMILES string of the molecule is CO/N=C1\CC[C@@H](C(=O)OP)NC1. The Morgan fingerprint density at radius 3 is 3.00 bits per heavy atom. The van der Waals surface area contributed by atoms with E-state index in [0.29, 0.717) is 13.0 Å². The number of nitrogens with zero attached hydrogens (tertiary/aromatic N) is 1. The fourth-order valence-electron chi connectivity index (χ4n) is 1.23. The molecule has 6 heteroatoms. The third-order valence-electron chi connectivity index (χ3n) is 1.90. The molecule has 0 spiro atoms. The van der Waals surface area contributed by atoms with Crippen molar-refractivity contribution in [3.63, 3.8) is 0 Å². The van der Waals surface area contributed by atoms with E-state index in [1.165, 1.54) is 7.11 Å². The molecule has 1 fully saturated rings. The first kappa shape index (κ1) is 10.4. The van der Waals surface area contributed by atoms with E-state index in [9.17, 15) is 4.79 Å². The average molecular weight is 204 g/mol. The summed E-state index contributed by atoms with van der Waals surface area (Å²) in [6.45, 7) is 0.582. The van der Waals surface area contributed by atoms with Crippen LogP contribution < -0.4 is 5.32 Å². The molecule has 1 rings (SSSR count). The van der Waals surface area contributed by atoms with Crippen LogP contribution in [0.15, 0.2) is 5.16 Å². The first-order chi connectivity index (χ1) is 6.27. The predicted octanol–water partition coefficient (Wildman–Crippen LogP) is 0.0741. The summed E-state index contributed by atoms with van der Waals surface area (Å²) in [5.74, 6) is -0.249. The van der Waals surface area contributed by atoms with Gasteiger partial charge in [0.05, 0.1) is 15.2 Å². The minimum absolute atomic E-state index is 0.215. The topological polar surface area (TPSA) is 59.9 Å². The summed E-state index contributed by atoms with van der Waals surface area (Å²) in [6, 6.07) is -0.215. The second kappa shape index (κ2) is 5.14. The lowest BCUT2D eigenvalue weighted by Gasteiger charge is -2.21. The highest BCUT2D eigenvalue weighted by molar-refractivity contribution is 7.10. The third kappa shape index (κ3) is 2.94. The molecule has 2 atom stereocenters. The number of piperidine rings is 1. The molecule has 1 N–H and O–H groups in total. The second-order valence-corrected chi connectivity index (χ2v) is 2.98. The molecule has 5 nitrogen and oxygen atoms in total. The molecule has 0 aromatic carbocycles. The lowest BCUT2D eigenvalue weighted by molar-refractivity contribution is -0.135. The van der Waals surface area contributed by atoms with Gasteiger partial charge in [-0.1, -0.05) is 5.16 Å². The van der Waals surface area contributed by atoms with Crippen LogP contribution in [-0.4, -0.2) is 31.4 Å². The standard InChI is InChI=1S/C7H13N2O3P/c1-11-9-5-2-3-6(8-4-5)7(10)12-13/h6,8H,2-4,13H2,1H3/b9-5+/t6-/m0/s1. The van der Waals surface area contributed by atoms with Crippen molar-refractivity contribution in [2.75, 3.05) is 13.7 Å². The van der Waals surface area contributed by atoms with Crippen LogP contribution in [0.25, 0.3) is 0 Å². The van der Waals surface area contributed by atoms with E-state index < -0.39 is 0 Å². The molecule has 74 valence electrons. The Labute approximate surface area is 79.1 Å². The average Bonchev–Trinajstić information content (AvgIpc) is 2.18. The summed E-state index contributed by atoms with van der Waals surface area (Å²) in [4.78, 5) is 15.7. The van der Waals surface area contributed by atoms with Crippen molar-refractivity contribution in [2.45, 2.75) is 18.9 Å². The van der Waals surface area contributed by atoms with Crippen LogP contribution in [0.1, 0.15) is 12.8 Å². The number of carbonyl (C=O) groups is 1. The van der Waals surface area contributed by atoms with Crippen molar-refractivity contribution >= 4 is 21.1 Å². The van der Waals surface area contributed by atoms with Crippen LogP contribution in [-0.2, 0) is 14.2 Å². The van der Waals surface area contributed by atoms with Crippen molar-refractivity contribution in [2.24, 2.45) is 5.16 Å². The highest BCUT2D eigenvalue weighted by Gasteiger charge is 2.23. The molecule has 1 heterocycles. The molecule has 1 aliphatic rings. The van der Waals surface area contributed by atoms with Gasteiger partial charge in [-0.3, -0.25) is 10.1 Å². The number of hydrogen-bond donors (Lipinski definition) is 1. The molecule has 0 aromatic heterocycles.